The quantitative estimate of drug-likeness (QED) is 0.493. The van der Waals surface area contributed by atoms with Crippen LogP contribution in [-0.4, -0.2) is 29.7 Å². The van der Waals surface area contributed by atoms with E-state index in [2.05, 4.69) is 10.3 Å². The number of amides is 1. The van der Waals surface area contributed by atoms with Crippen LogP contribution < -0.4 is 20.3 Å². The van der Waals surface area contributed by atoms with Gasteiger partial charge in [0.2, 0.25) is 0 Å². The summed E-state index contributed by atoms with van der Waals surface area (Å²) < 4.78 is 12.1. The standard InChI is InChI=1S/C23H21N3O4S/c1-14-19-22(24-13-26(23(19)28)12-15-7-5-4-6-8-15)31-20(14)21(27)25-17-11-16(29-2)9-10-18(17)30-3/h4-11,13H,12H2,1-3H3,(H,25,27). The average Bonchev–Trinajstić information content (AvgIpc) is 3.13. The highest BCUT2D eigenvalue weighted by Gasteiger charge is 2.21. The van der Waals surface area contributed by atoms with E-state index in [4.69, 9.17) is 9.47 Å². The van der Waals surface area contributed by atoms with Gasteiger partial charge in [0.15, 0.2) is 0 Å². The van der Waals surface area contributed by atoms with Crippen LogP contribution in [0.3, 0.4) is 0 Å². The molecule has 0 spiro atoms. The van der Waals surface area contributed by atoms with E-state index in [1.54, 1.807) is 36.8 Å². The Morgan fingerprint density at radius 2 is 1.90 bits per heavy atom. The van der Waals surface area contributed by atoms with Gasteiger partial charge in [-0.1, -0.05) is 30.3 Å². The first kappa shape index (κ1) is 20.6. The highest BCUT2D eigenvalue weighted by Crippen LogP contribution is 2.32. The summed E-state index contributed by atoms with van der Waals surface area (Å²) in [6.07, 6.45) is 1.53. The van der Waals surface area contributed by atoms with E-state index in [9.17, 15) is 9.59 Å². The molecule has 31 heavy (non-hydrogen) atoms. The number of aryl methyl sites for hydroxylation is 1. The van der Waals surface area contributed by atoms with Gasteiger partial charge in [-0.15, -0.1) is 11.3 Å². The number of benzene rings is 2. The van der Waals surface area contributed by atoms with Gasteiger partial charge in [0.1, 0.15) is 16.3 Å². The van der Waals surface area contributed by atoms with E-state index >= 15 is 0 Å². The van der Waals surface area contributed by atoms with Gasteiger partial charge in [-0.05, 0) is 30.2 Å². The molecule has 1 N–H and O–H groups in total. The van der Waals surface area contributed by atoms with Crippen molar-refractivity contribution in [3.63, 3.8) is 0 Å². The Hall–Kier alpha value is -3.65. The Morgan fingerprint density at radius 1 is 1.13 bits per heavy atom. The van der Waals surface area contributed by atoms with E-state index in [0.717, 1.165) is 5.56 Å². The van der Waals surface area contributed by atoms with Gasteiger partial charge < -0.3 is 14.8 Å². The zero-order chi connectivity index (χ0) is 22.0. The highest BCUT2D eigenvalue weighted by molar-refractivity contribution is 7.20. The number of thiophene rings is 1. The van der Waals surface area contributed by atoms with Gasteiger partial charge in [-0.25, -0.2) is 4.98 Å². The minimum atomic E-state index is -0.332. The van der Waals surface area contributed by atoms with Gasteiger partial charge in [-0.3, -0.25) is 14.2 Å². The van der Waals surface area contributed by atoms with Gasteiger partial charge in [0.25, 0.3) is 11.5 Å². The van der Waals surface area contributed by atoms with Crippen LogP contribution in [0.25, 0.3) is 10.2 Å². The Kier molecular flexibility index (Phi) is 5.73. The molecule has 158 valence electrons. The van der Waals surface area contributed by atoms with Gasteiger partial charge >= 0.3 is 0 Å². The number of carbonyl (C=O) groups excluding carboxylic acids is 1. The second kappa shape index (κ2) is 8.61. The van der Waals surface area contributed by atoms with Crippen molar-refractivity contribution in [2.75, 3.05) is 19.5 Å². The van der Waals surface area contributed by atoms with Crippen molar-refractivity contribution in [3.05, 3.63) is 81.2 Å². The number of aromatic nitrogens is 2. The third-order valence-electron chi connectivity index (χ3n) is 4.97. The number of nitrogens with zero attached hydrogens (tertiary/aromatic N) is 2. The number of ether oxygens (including phenoxy) is 2. The van der Waals surface area contributed by atoms with Crippen molar-refractivity contribution in [3.8, 4) is 11.5 Å². The Morgan fingerprint density at radius 3 is 2.61 bits per heavy atom. The number of rotatable bonds is 6. The molecule has 0 saturated carbocycles. The first-order chi connectivity index (χ1) is 15.0. The van der Waals surface area contributed by atoms with Crippen LogP contribution in [0.1, 0.15) is 20.8 Å². The molecule has 0 radical (unpaired) electrons. The molecule has 0 aliphatic rings. The number of hydrogen-bond acceptors (Lipinski definition) is 6. The first-order valence-corrected chi connectivity index (χ1v) is 10.4. The number of methoxy groups -OCH3 is 2. The van der Waals surface area contributed by atoms with Crippen molar-refractivity contribution in [1.29, 1.82) is 0 Å². The molecule has 7 nitrogen and oxygen atoms in total. The summed E-state index contributed by atoms with van der Waals surface area (Å²) in [5, 5.41) is 3.32. The number of anilines is 1. The Bertz CT molecular complexity index is 1310. The molecule has 2 aromatic carbocycles. The van der Waals surface area contributed by atoms with Crippen LogP contribution in [0.4, 0.5) is 5.69 Å². The van der Waals surface area contributed by atoms with Gasteiger partial charge in [0.05, 0.1) is 43.0 Å². The summed E-state index contributed by atoms with van der Waals surface area (Å²) in [5.74, 6) is 0.770. The second-order valence-electron chi connectivity index (χ2n) is 6.92. The maximum atomic E-state index is 13.1. The summed E-state index contributed by atoms with van der Waals surface area (Å²) in [4.78, 5) is 31.5. The normalized spacial score (nSPS) is 10.8. The minimum Gasteiger partial charge on any atom is -0.497 e. The van der Waals surface area contributed by atoms with Crippen LogP contribution in [0.15, 0.2) is 59.7 Å². The Labute approximate surface area is 182 Å². The molecule has 0 aliphatic carbocycles. The van der Waals surface area contributed by atoms with E-state index in [1.807, 2.05) is 30.3 Å². The SMILES string of the molecule is COc1ccc(OC)c(NC(=O)c2sc3ncn(Cc4ccccc4)c(=O)c3c2C)c1. The lowest BCUT2D eigenvalue weighted by atomic mass is 10.2. The van der Waals surface area contributed by atoms with E-state index < -0.39 is 0 Å². The zero-order valence-corrected chi connectivity index (χ0v) is 18.2. The maximum Gasteiger partial charge on any atom is 0.266 e. The molecule has 0 unspecified atom stereocenters. The second-order valence-corrected chi connectivity index (χ2v) is 7.92. The number of nitrogens with one attached hydrogen (secondary N) is 1. The van der Waals surface area contributed by atoms with Crippen LogP contribution in [0.5, 0.6) is 11.5 Å². The molecule has 0 fully saturated rings. The summed E-state index contributed by atoms with van der Waals surface area (Å²) in [6.45, 7) is 2.19. The summed E-state index contributed by atoms with van der Waals surface area (Å²) in [7, 11) is 3.08. The number of fused-ring (bicyclic) bond motifs is 1. The lowest BCUT2D eigenvalue weighted by Crippen LogP contribution is -2.21. The number of hydrogen-bond donors (Lipinski definition) is 1. The zero-order valence-electron chi connectivity index (χ0n) is 17.3. The smallest absolute Gasteiger partial charge is 0.266 e. The molecular weight excluding hydrogens is 414 g/mol. The fraction of sp³-hybridized carbons (Fsp3) is 0.174. The van der Waals surface area contributed by atoms with Crippen LogP contribution in [0, 0.1) is 6.92 Å². The van der Waals surface area contributed by atoms with Crippen molar-refractivity contribution >= 4 is 33.1 Å². The summed E-state index contributed by atoms with van der Waals surface area (Å²) in [5.41, 5.74) is 1.93. The lowest BCUT2D eigenvalue weighted by Gasteiger charge is -2.11. The van der Waals surface area contributed by atoms with E-state index in [1.165, 1.54) is 24.8 Å². The van der Waals surface area contributed by atoms with E-state index in [-0.39, 0.29) is 11.5 Å². The van der Waals surface area contributed by atoms with Crippen molar-refractivity contribution in [1.82, 2.24) is 9.55 Å². The summed E-state index contributed by atoms with van der Waals surface area (Å²) in [6, 6.07) is 14.8. The predicted octanol–water partition coefficient (Wildman–Crippen LogP) is 4.08. The average molecular weight is 436 g/mol. The molecule has 4 rings (SSSR count). The molecule has 0 saturated heterocycles. The fourth-order valence-electron chi connectivity index (χ4n) is 3.36. The first-order valence-electron chi connectivity index (χ1n) is 9.57. The molecule has 0 atom stereocenters. The largest absolute Gasteiger partial charge is 0.497 e. The Balaban J connectivity index is 1.69. The number of carbonyl (C=O) groups is 1. The molecule has 4 aromatic rings. The van der Waals surface area contributed by atoms with Crippen LogP contribution in [-0.2, 0) is 6.54 Å². The van der Waals surface area contributed by atoms with Gasteiger partial charge in [-0.2, -0.15) is 0 Å². The molecule has 1 amide bonds. The minimum absolute atomic E-state index is 0.166. The maximum absolute atomic E-state index is 13.1. The highest BCUT2D eigenvalue weighted by atomic mass is 32.1. The van der Waals surface area contributed by atoms with E-state index in [0.29, 0.717) is 44.4 Å². The van der Waals surface area contributed by atoms with Crippen LogP contribution in [0.2, 0.25) is 0 Å². The summed E-state index contributed by atoms with van der Waals surface area (Å²) >= 11 is 1.20. The molecule has 8 heteroatoms. The third-order valence-corrected chi connectivity index (χ3v) is 6.17. The monoisotopic (exact) mass is 435 g/mol. The van der Waals surface area contributed by atoms with Crippen molar-refractivity contribution < 1.29 is 14.3 Å². The molecule has 0 aliphatic heterocycles. The fourth-order valence-corrected chi connectivity index (χ4v) is 4.39. The van der Waals surface area contributed by atoms with Crippen LogP contribution >= 0.6 is 11.3 Å². The molecule has 0 bridgehead atoms. The van der Waals surface area contributed by atoms with Crippen molar-refractivity contribution in [2.45, 2.75) is 13.5 Å². The lowest BCUT2D eigenvalue weighted by molar-refractivity contribution is 0.102. The molecule has 2 aromatic heterocycles. The molecular formula is C23H21N3O4S. The third kappa shape index (κ3) is 4.02. The predicted molar refractivity (Wildman–Crippen MR) is 122 cm³/mol. The molecule has 2 heterocycles. The van der Waals surface area contributed by atoms with Crippen molar-refractivity contribution in [2.24, 2.45) is 0 Å². The van der Waals surface area contributed by atoms with Gasteiger partial charge in [0, 0.05) is 6.07 Å². The topological polar surface area (TPSA) is 82.4 Å².